The Kier molecular flexibility index (Phi) is 2.44. The number of carbonyl (C=O) groups is 1. The van der Waals surface area contributed by atoms with E-state index >= 15 is 0 Å². The lowest BCUT2D eigenvalue weighted by Crippen LogP contribution is -2.49. The number of carbonyl (C=O) groups excluding carboxylic acids is 1. The third kappa shape index (κ3) is 1.66. The first-order chi connectivity index (χ1) is 6.31. The third-order valence-corrected chi connectivity index (χ3v) is 3.85. The van der Waals surface area contributed by atoms with E-state index in [4.69, 9.17) is 0 Å². The summed E-state index contributed by atoms with van der Waals surface area (Å²) in [4.78, 5) is 12.9. The van der Waals surface area contributed by atoms with Crippen LogP contribution in [0.15, 0.2) is 24.9 Å². The van der Waals surface area contributed by atoms with Gasteiger partial charge in [-0.2, -0.15) is 0 Å². The van der Waals surface area contributed by atoms with E-state index in [9.17, 15) is 4.79 Å². The van der Waals surface area contributed by atoms with Crippen molar-refractivity contribution < 1.29 is 4.79 Å². The number of rotatable bonds is 3. The van der Waals surface area contributed by atoms with Gasteiger partial charge in [-0.25, -0.2) is 0 Å². The molecule has 0 bridgehead atoms. The summed E-state index contributed by atoms with van der Waals surface area (Å²) in [5.74, 6) is 0.260. The summed E-state index contributed by atoms with van der Waals surface area (Å²) in [6.45, 7) is 3.71. The minimum Gasteiger partial charge on any atom is -0.306 e. The summed E-state index contributed by atoms with van der Waals surface area (Å²) in [6.07, 6.45) is 8.95. The molecule has 2 aliphatic heterocycles. The van der Waals surface area contributed by atoms with Crippen LogP contribution in [0.1, 0.15) is 19.3 Å². The molecular formula is C10H13NOS. The molecule has 3 heteroatoms. The van der Waals surface area contributed by atoms with Gasteiger partial charge >= 0.3 is 0 Å². The number of nitrogens with zero attached hydrogens (tertiary/aromatic N) is 1. The summed E-state index contributed by atoms with van der Waals surface area (Å²) >= 11 is 1.90. The van der Waals surface area contributed by atoms with Crippen molar-refractivity contribution in [2.45, 2.75) is 29.9 Å². The van der Waals surface area contributed by atoms with Gasteiger partial charge in [-0.3, -0.25) is 4.79 Å². The van der Waals surface area contributed by atoms with Crippen LogP contribution in [0.4, 0.5) is 0 Å². The molecule has 0 aliphatic carbocycles. The van der Waals surface area contributed by atoms with Gasteiger partial charge in [0.05, 0.1) is 11.8 Å². The zero-order valence-corrected chi connectivity index (χ0v) is 8.30. The second kappa shape index (κ2) is 3.58. The Morgan fingerprint density at radius 1 is 1.77 bits per heavy atom. The summed E-state index contributed by atoms with van der Waals surface area (Å²) < 4.78 is 0. The van der Waals surface area contributed by atoms with E-state index in [0.29, 0.717) is 10.6 Å². The fraction of sp³-hybridized carbons (Fsp3) is 0.500. The molecule has 2 aliphatic rings. The van der Waals surface area contributed by atoms with Crippen molar-refractivity contribution in [1.29, 1.82) is 0 Å². The molecule has 0 aromatic carbocycles. The summed E-state index contributed by atoms with van der Waals surface area (Å²) in [5, 5.41) is 1.000. The molecule has 0 radical (unpaired) electrons. The number of hydrogen-bond acceptors (Lipinski definition) is 2. The highest BCUT2D eigenvalue weighted by Gasteiger charge is 2.38. The molecule has 2 nitrogen and oxygen atoms in total. The zero-order chi connectivity index (χ0) is 9.26. The lowest BCUT2D eigenvalue weighted by Gasteiger charge is -2.41. The Labute approximate surface area is 82.7 Å². The van der Waals surface area contributed by atoms with Crippen molar-refractivity contribution in [3.05, 3.63) is 24.9 Å². The molecule has 2 heterocycles. The first-order valence-corrected chi connectivity index (χ1v) is 5.51. The molecule has 2 atom stereocenters. The van der Waals surface area contributed by atoms with Crippen LogP contribution in [-0.4, -0.2) is 21.4 Å². The van der Waals surface area contributed by atoms with E-state index in [0.717, 1.165) is 19.3 Å². The highest BCUT2D eigenvalue weighted by Crippen LogP contribution is 2.38. The maximum absolute atomic E-state index is 11.0. The van der Waals surface area contributed by atoms with Gasteiger partial charge in [-0.05, 0) is 12.8 Å². The van der Waals surface area contributed by atoms with Crippen LogP contribution >= 0.6 is 11.8 Å². The van der Waals surface area contributed by atoms with E-state index in [-0.39, 0.29) is 5.91 Å². The van der Waals surface area contributed by atoms with Gasteiger partial charge < -0.3 is 4.90 Å². The van der Waals surface area contributed by atoms with Gasteiger partial charge in [0.25, 0.3) is 0 Å². The molecule has 70 valence electrons. The molecule has 13 heavy (non-hydrogen) atoms. The molecule has 0 spiro atoms. The van der Waals surface area contributed by atoms with Crippen molar-refractivity contribution in [1.82, 2.24) is 4.90 Å². The largest absolute Gasteiger partial charge is 0.306 e. The minimum atomic E-state index is 0.260. The Hall–Kier alpha value is -0.700. The summed E-state index contributed by atoms with van der Waals surface area (Å²) in [5.41, 5.74) is 0. The van der Waals surface area contributed by atoms with Crippen molar-refractivity contribution in [3.8, 4) is 0 Å². The Balaban J connectivity index is 1.90. The summed E-state index contributed by atoms with van der Waals surface area (Å²) in [7, 11) is 0. The first kappa shape index (κ1) is 8.88. The predicted molar refractivity (Wildman–Crippen MR) is 55.2 cm³/mol. The quantitative estimate of drug-likeness (QED) is 0.508. The second-order valence-electron chi connectivity index (χ2n) is 3.34. The van der Waals surface area contributed by atoms with Crippen LogP contribution in [0, 0.1) is 0 Å². The van der Waals surface area contributed by atoms with Gasteiger partial charge in [-0.15, -0.1) is 18.3 Å². The number of amides is 1. The number of allylic oxidation sites excluding steroid dienone is 1. The molecule has 1 saturated heterocycles. The van der Waals surface area contributed by atoms with Gasteiger partial charge in [0.1, 0.15) is 0 Å². The monoisotopic (exact) mass is 195 g/mol. The SMILES string of the molecule is C=CCCC1C=CN2C(=O)C[C@H]2S1. The lowest BCUT2D eigenvalue weighted by molar-refractivity contribution is -0.137. The van der Waals surface area contributed by atoms with E-state index in [2.05, 4.69) is 12.7 Å². The maximum atomic E-state index is 11.0. The van der Waals surface area contributed by atoms with Gasteiger partial charge in [0, 0.05) is 11.4 Å². The Morgan fingerprint density at radius 2 is 2.62 bits per heavy atom. The number of hydrogen-bond donors (Lipinski definition) is 0. The van der Waals surface area contributed by atoms with Crippen LogP contribution in [-0.2, 0) is 4.79 Å². The van der Waals surface area contributed by atoms with Gasteiger partial charge in [0.2, 0.25) is 5.91 Å². The molecule has 0 aromatic rings. The highest BCUT2D eigenvalue weighted by atomic mass is 32.2. The van der Waals surface area contributed by atoms with Crippen LogP contribution in [0.2, 0.25) is 0 Å². The normalized spacial score (nSPS) is 31.1. The lowest BCUT2D eigenvalue weighted by atomic mass is 10.2. The molecule has 1 fully saturated rings. The fourth-order valence-corrected chi connectivity index (χ4v) is 2.97. The fourth-order valence-electron chi connectivity index (χ4n) is 1.58. The average molecular weight is 195 g/mol. The van der Waals surface area contributed by atoms with Crippen LogP contribution in [0.25, 0.3) is 0 Å². The Morgan fingerprint density at radius 3 is 3.23 bits per heavy atom. The standard InChI is InChI=1S/C10H13NOS/c1-2-3-4-8-5-6-11-9(12)7-10(11)13-8/h2,5-6,8,10H,1,3-4,7H2/t8?,10-/m1/s1. The molecule has 1 unspecified atom stereocenters. The topological polar surface area (TPSA) is 20.3 Å². The number of fused-ring (bicyclic) bond motifs is 1. The van der Waals surface area contributed by atoms with Crippen molar-refractivity contribution in [3.63, 3.8) is 0 Å². The highest BCUT2D eigenvalue weighted by molar-refractivity contribution is 8.00. The molecule has 2 rings (SSSR count). The second-order valence-corrected chi connectivity index (χ2v) is 4.76. The minimum absolute atomic E-state index is 0.260. The summed E-state index contributed by atoms with van der Waals surface area (Å²) in [6, 6.07) is 0. The Bertz CT molecular complexity index is 262. The smallest absolute Gasteiger partial charge is 0.230 e. The molecule has 0 N–H and O–H groups in total. The van der Waals surface area contributed by atoms with E-state index in [1.807, 2.05) is 28.9 Å². The van der Waals surface area contributed by atoms with Gasteiger partial charge in [0.15, 0.2) is 0 Å². The predicted octanol–water partition coefficient (Wildman–Crippen LogP) is 2.14. The van der Waals surface area contributed by atoms with Crippen molar-refractivity contribution in [2.24, 2.45) is 0 Å². The zero-order valence-electron chi connectivity index (χ0n) is 7.48. The van der Waals surface area contributed by atoms with Crippen LogP contribution in [0.3, 0.4) is 0 Å². The van der Waals surface area contributed by atoms with E-state index in [1.54, 1.807) is 0 Å². The van der Waals surface area contributed by atoms with E-state index in [1.165, 1.54) is 0 Å². The van der Waals surface area contributed by atoms with Crippen LogP contribution < -0.4 is 0 Å². The van der Waals surface area contributed by atoms with E-state index < -0.39 is 0 Å². The van der Waals surface area contributed by atoms with Gasteiger partial charge in [-0.1, -0.05) is 12.2 Å². The number of β-lactam (4-membered cyclic amide) rings is 1. The van der Waals surface area contributed by atoms with Crippen molar-refractivity contribution >= 4 is 17.7 Å². The molecule has 0 saturated carbocycles. The first-order valence-electron chi connectivity index (χ1n) is 4.57. The third-order valence-electron chi connectivity index (χ3n) is 2.40. The average Bonchev–Trinajstić information content (AvgIpc) is 2.13. The number of thioether (sulfide) groups is 1. The molecular weight excluding hydrogens is 182 g/mol. The maximum Gasteiger partial charge on any atom is 0.230 e. The molecule has 0 aromatic heterocycles. The molecule has 1 amide bonds. The van der Waals surface area contributed by atoms with Crippen LogP contribution in [0.5, 0.6) is 0 Å². The van der Waals surface area contributed by atoms with Crippen molar-refractivity contribution in [2.75, 3.05) is 0 Å².